The topological polar surface area (TPSA) is 78.4 Å². The summed E-state index contributed by atoms with van der Waals surface area (Å²) in [5.74, 6) is -0.496. The van der Waals surface area contributed by atoms with Gasteiger partial charge in [0.15, 0.2) is 0 Å². The highest BCUT2D eigenvalue weighted by atomic mass is 16.5. The Bertz CT molecular complexity index is 293. The molecule has 0 spiro atoms. The molecule has 0 bridgehead atoms. The molecule has 0 aliphatic rings. The summed E-state index contributed by atoms with van der Waals surface area (Å²) in [6.45, 7) is 1.85. The van der Waals surface area contributed by atoms with Gasteiger partial charge in [-0.1, -0.05) is 12.1 Å². The molecule has 0 atom stereocenters. The van der Waals surface area contributed by atoms with Crippen LogP contribution in [0.1, 0.15) is 23.0 Å². The second-order valence-corrected chi connectivity index (χ2v) is 2.21. The maximum atomic E-state index is 11.1. The molecule has 1 aromatic rings. The highest BCUT2D eigenvalue weighted by Gasteiger charge is 2.19. The van der Waals surface area contributed by atoms with Crippen molar-refractivity contribution in [2.45, 2.75) is 13.3 Å². The number of carbonyl (C=O) groups excluding carboxylic acids is 1. The van der Waals surface area contributed by atoms with Gasteiger partial charge < -0.3 is 15.0 Å². The average molecular weight is 170 g/mol. The third-order valence-electron chi connectivity index (χ3n) is 1.51. The van der Waals surface area contributed by atoms with Crippen LogP contribution in [0.3, 0.4) is 0 Å². The molecule has 66 valence electrons. The first-order valence-corrected chi connectivity index (χ1v) is 3.53. The molecule has 2 N–H and O–H groups in total. The number of hydrogen-bond donors (Lipinski definition) is 1. The van der Waals surface area contributed by atoms with E-state index in [1.807, 2.05) is 6.92 Å². The third kappa shape index (κ3) is 1.25. The molecule has 0 aliphatic carbocycles. The van der Waals surface area contributed by atoms with E-state index in [4.69, 9.17) is 5.73 Å². The van der Waals surface area contributed by atoms with E-state index >= 15 is 0 Å². The van der Waals surface area contributed by atoms with Gasteiger partial charge in [-0.2, -0.15) is 0 Å². The van der Waals surface area contributed by atoms with Crippen LogP contribution >= 0.6 is 0 Å². The quantitative estimate of drug-likeness (QED) is 0.657. The number of nitrogens with zero attached hydrogens (tertiary/aromatic N) is 1. The summed E-state index contributed by atoms with van der Waals surface area (Å²) in [5, 5.41) is 3.60. The van der Waals surface area contributed by atoms with Crippen molar-refractivity contribution < 1.29 is 14.1 Å². The van der Waals surface area contributed by atoms with E-state index in [1.165, 1.54) is 7.11 Å². The molecule has 0 saturated carbocycles. The predicted octanol–water partition coefficient (Wildman–Crippen LogP) is 0.606. The molecule has 0 fully saturated rings. The van der Waals surface area contributed by atoms with Crippen LogP contribution in [-0.2, 0) is 11.2 Å². The van der Waals surface area contributed by atoms with E-state index in [0.717, 1.165) is 0 Å². The van der Waals surface area contributed by atoms with Crippen LogP contribution in [0.25, 0.3) is 0 Å². The van der Waals surface area contributed by atoms with Crippen molar-refractivity contribution >= 4 is 11.9 Å². The molecule has 0 saturated heterocycles. The second kappa shape index (κ2) is 3.25. The number of methoxy groups -OCH3 is 1. The smallest absolute Gasteiger partial charge is 0.345 e. The zero-order chi connectivity index (χ0) is 9.14. The molecular weight excluding hydrogens is 160 g/mol. The van der Waals surface area contributed by atoms with E-state index in [1.54, 1.807) is 0 Å². The number of esters is 1. The molecule has 1 rings (SSSR count). The molecule has 0 aromatic carbocycles. The van der Waals surface area contributed by atoms with E-state index in [-0.39, 0.29) is 11.4 Å². The number of aromatic nitrogens is 1. The molecular formula is C7H10N2O3. The zero-order valence-corrected chi connectivity index (χ0v) is 6.96. The molecule has 0 radical (unpaired) electrons. The van der Waals surface area contributed by atoms with E-state index in [9.17, 15) is 4.79 Å². The van der Waals surface area contributed by atoms with E-state index < -0.39 is 5.97 Å². The van der Waals surface area contributed by atoms with Gasteiger partial charge in [0.1, 0.15) is 11.3 Å². The average Bonchev–Trinajstić information content (AvgIpc) is 2.45. The van der Waals surface area contributed by atoms with Gasteiger partial charge >= 0.3 is 5.97 Å². The number of hydrogen-bond acceptors (Lipinski definition) is 5. The van der Waals surface area contributed by atoms with E-state index in [0.29, 0.717) is 12.1 Å². The molecule has 1 heterocycles. The normalized spacial score (nSPS) is 9.83. The fourth-order valence-electron chi connectivity index (χ4n) is 0.900. The maximum Gasteiger partial charge on any atom is 0.345 e. The summed E-state index contributed by atoms with van der Waals surface area (Å²) >= 11 is 0. The Labute approximate surface area is 69.5 Å². The first-order chi connectivity index (χ1) is 5.70. The van der Waals surface area contributed by atoms with Crippen LogP contribution in [0.15, 0.2) is 4.52 Å². The van der Waals surface area contributed by atoms with Gasteiger partial charge in [-0.05, 0) is 6.42 Å². The molecule has 0 unspecified atom stereocenters. The molecule has 5 nitrogen and oxygen atoms in total. The van der Waals surface area contributed by atoms with Crippen molar-refractivity contribution in [3.05, 3.63) is 11.3 Å². The third-order valence-corrected chi connectivity index (χ3v) is 1.51. The molecule has 1 aromatic heterocycles. The van der Waals surface area contributed by atoms with Gasteiger partial charge in [-0.15, -0.1) is 0 Å². The number of anilines is 1. The van der Waals surface area contributed by atoms with Crippen LogP contribution in [0.2, 0.25) is 0 Å². The van der Waals surface area contributed by atoms with Gasteiger partial charge in [-0.25, -0.2) is 4.79 Å². The minimum Gasteiger partial charge on any atom is -0.465 e. The lowest BCUT2D eigenvalue weighted by molar-refractivity contribution is 0.0600. The fourth-order valence-corrected chi connectivity index (χ4v) is 0.900. The summed E-state index contributed by atoms with van der Waals surface area (Å²) in [6, 6.07) is 0. The minimum atomic E-state index is -0.509. The standard InChI is InChI=1S/C7H10N2O3/c1-3-4-5(7(10)11-2)6(8)12-9-4/h3,8H2,1-2H3. The highest BCUT2D eigenvalue weighted by molar-refractivity contribution is 5.94. The number of ether oxygens (including phenoxy) is 1. The van der Waals surface area contributed by atoms with Crippen molar-refractivity contribution in [3.8, 4) is 0 Å². The Balaban J connectivity index is 3.10. The summed E-state index contributed by atoms with van der Waals surface area (Å²) < 4.78 is 9.14. The number of carbonyl (C=O) groups is 1. The van der Waals surface area contributed by atoms with Crippen molar-refractivity contribution in [1.82, 2.24) is 5.16 Å². The number of nitrogen functional groups attached to an aromatic ring is 1. The monoisotopic (exact) mass is 170 g/mol. The largest absolute Gasteiger partial charge is 0.465 e. The lowest BCUT2D eigenvalue weighted by Crippen LogP contribution is -2.06. The Hall–Kier alpha value is -1.52. The number of aryl methyl sites for hydroxylation is 1. The Kier molecular flexibility index (Phi) is 2.32. The Morgan fingerprint density at radius 3 is 2.92 bits per heavy atom. The second-order valence-electron chi connectivity index (χ2n) is 2.21. The van der Waals surface area contributed by atoms with Crippen molar-refractivity contribution in [2.75, 3.05) is 12.8 Å². The summed E-state index contributed by atoms with van der Waals surface area (Å²) in [5.41, 5.74) is 6.13. The highest BCUT2D eigenvalue weighted by Crippen LogP contribution is 2.17. The van der Waals surface area contributed by atoms with Crippen molar-refractivity contribution in [2.24, 2.45) is 0 Å². The molecule has 12 heavy (non-hydrogen) atoms. The van der Waals surface area contributed by atoms with Crippen LogP contribution in [0.4, 0.5) is 5.88 Å². The summed E-state index contributed by atoms with van der Waals surface area (Å²) in [6.07, 6.45) is 0.588. The zero-order valence-electron chi connectivity index (χ0n) is 6.96. The lowest BCUT2D eigenvalue weighted by Gasteiger charge is -1.96. The minimum absolute atomic E-state index is 0.0127. The van der Waals surface area contributed by atoms with E-state index in [2.05, 4.69) is 14.4 Å². The summed E-state index contributed by atoms with van der Waals surface area (Å²) in [7, 11) is 1.29. The summed E-state index contributed by atoms with van der Waals surface area (Å²) in [4.78, 5) is 11.1. The van der Waals surface area contributed by atoms with Crippen molar-refractivity contribution in [1.29, 1.82) is 0 Å². The fraction of sp³-hybridized carbons (Fsp3) is 0.429. The predicted molar refractivity (Wildman–Crippen MR) is 41.6 cm³/mol. The Morgan fingerprint density at radius 1 is 1.75 bits per heavy atom. The maximum absolute atomic E-state index is 11.1. The van der Waals surface area contributed by atoms with Gasteiger partial charge in [-0.3, -0.25) is 0 Å². The van der Waals surface area contributed by atoms with Gasteiger partial charge in [0, 0.05) is 0 Å². The van der Waals surface area contributed by atoms with Crippen LogP contribution < -0.4 is 5.73 Å². The molecule has 0 aliphatic heterocycles. The Morgan fingerprint density at radius 2 is 2.42 bits per heavy atom. The SMILES string of the molecule is CCc1noc(N)c1C(=O)OC. The van der Waals surface area contributed by atoms with Crippen LogP contribution in [0.5, 0.6) is 0 Å². The van der Waals surface area contributed by atoms with Crippen LogP contribution in [-0.4, -0.2) is 18.2 Å². The number of rotatable bonds is 2. The van der Waals surface area contributed by atoms with Gasteiger partial charge in [0.05, 0.1) is 7.11 Å². The van der Waals surface area contributed by atoms with Gasteiger partial charge in [0.25, 0.3) is 0 Å². The van der Waals surface area contributed by atoms with Crippen LogP contribution in [0, 0.1) is 0 Å². The lowest BCUT2D eigenvalue weighted by atomic mass is 10.2. The molecule has 5 heteroatoms. The van der Waals surface area contributed by atoms with Gasteiger partial charge in [0.2, 0.25) is 5.88 Å². The number of nitrogens with two attached hydrogens (primary N) is 1. The first kappa shape index (κ1) is 8.58. The first-order valence-electron chi connectivity index (χ1n) is 3.53. The molecule has 0 amide bonds. The van der Waals surface area contributed by atoms with Crippen molar-refractivity contribution in [3.63, 3.8) is 0 Å².